The van der Waals surface area contributed by atoms with Crippen LogP contribution in [0.15, 0.2) is 0 Å². The zero-order chi connectivity index (χ0) is 9.78. The molecular weight excluding hydrogens is 180 g/mol. The Bertz CT molecular complexity index is 156. The number of halogens is 1. The molecule has 0 heterocycles. The normalized spacial score (nSPS) is 11.1. The van der Waals surface area contributed by atoms with Crippen molar-refractivity contribution in [3.63, 3.8) is 0 Å². The van der Waals surface area contributed by atoms with E-state index in [4.69, 9.17) is 11.6 Å². The van der Waals surface area contributed by atoms with Crippen LogP contribution in [0.4, 0.5) is 4.79 Å². The van der Waals surface area contributed by atoms with Gasteiger partial charge in [0.1, 0.15) is 0 Å². The van der Waals surface area contributed by atoms with Gasteiger partial charge in [0, 0.05) is 12.4 Å². The topological polar surface area (TPSA) is 52.6 Å². The third kappa shape index (κ3) is 3.78. The third-order valence-corrected chi connectivity index (χ3v) is 1.39. The Morgan fingerprint density at radius 2 is 2.08 bits per heavy atom. The van der Waals surface area contributed by atoms with Crippen LogP contribution < -0.4 is 5.32 Å². The zero-order valence-electron chi connectivity index (χ0n) is 7.59. The van der Waals surface area contributed by atoms with Crippen molar-refractivity contribution in [3.05, 3.63) is 0 Å². The highest BCUT2D eigenvalue weighted by Crippen LogP contribution is 2.09. The predicted molar refractivity (Wildman–Crippen MR) is 47.5 cm³/mol. The highest BCUT2D eigenvalue weighted by molar-refractivity contribution is 6.18. The molecule has 0 rings (SSSR count). The first-order chi connectivity index (χ1) is 5.39. The molecule has 0 aliphatic heterocycles. The van der Waals surface area contributed by atoms with Crippen molar-refractivity contribution in [2.24, 2.45) is 0 Å². The maximum Gasteiger partial charge on any atom is 0.341 e. The monoisotopic (exact) mass is 194 g/mol. The van der Waals surface area contributed by atoms with E-state index < -0.39 is 11.6 Å². The van der Waals surface area contributed by atoms with E-state index in [0.29, 0.717) is 17.5 Å². The number of hydrogen-bond donors (Lipinski definition) is 2. The summed E-state index contributed by atoms with van der Waals surface area (Å²) in [6.07, 6.45) is 0. The van der Waals surface area contributed by atoms with Gasteiger partial charge in [0.25, 0.3) is 0 Å². The first-order valence-corrected chi connectivity index (χ1v) is 4.26. The number of rotatable bonds is 2. The lowest BCUT2D eigenvalue weighted by Gasteiger charge is -2.29. The lowest BCUT2D eigenvalue weighted by molar-refractivity contribution is -0.106. The molecule has 0 aromatic carbocycles. The van der Waals surface area contributed by atoms with Gasteiger partial charge in [0.05, 0.1) is 5.54 Å². The lowest BCUT2D eigenvalue weighted by Crippen LogP contribution is -2.48. The second-order valence-corrected chi connectivity index (χ2v) is 3.78. The molecular formula is C7H15ClN2O2. The van der Waals surface area contributed by atoms with Crippen LogP contribution >= 0.6 is 11.6 Å². The zero-order valence-corrected chi connectivity index (χ0v) is 8.35. The number of carbonyl (C=O) groups excluding carboxylic acids is 1. The van der Waals surface area contributed by atoms with Crippen LogP contribution in [0.1, 0.15) is 20.8 Å². The van der Waals surface area contributed by atoms with Crippen molar-refractivity contribution in [1.82, 2.24) is 10.4 Å². The average molecular weight is 195 g/mol. The molecule has 0 radical (unpaired) electrons. The fraction of sp³-hybridized carbons (Fsp3) is 0.857. The van der Waals surface area contributed by atoms with Crippen molar-refractivity contribution < 1.29 is 10.0 Å². The minimum atomic E-state index is -0.587. The Balaban J connectivity index is 3.94. The highest BCUT2D eigenvalue weighted by Gasteiger charge is 2.24. The first-order valence-electron chi connectivity index (χ1n) is 3.72. The smallest absolute Gasteiger partial charge is 0.335 e. The molecule has 0 aliphatic carbocycles. The molecule has 0 aliphatic rings. The van der Waals surface area contributed by atoms with E-state index in [1.54, 1.807) is 20.8 Å². The van der Waals surface area contributed by atoms with Crippen molar-refractivity contribution in [2.75, 3.05) is 12.4 Å². The summed E-state index contributed by atoms with van der Waals surface area (Å²) in [6.45, 7) is 5.54. The van der Waals surface area contributed by atoms with Gasteiger partial charge in [0.2, 0.25) is 0 Å². The number of nitrogens with one attached hydrogen (secondary N) is 1. The molecule has 0 saturated heterocycles. The molecule has 0 aromatic heterocycles. The number of amides is 2. The third-order valence-electron chi connectivity index (χ3n) is 1.20. The molecule has 2 N–H and O–H groups in total. The summed E-state index contributed by atoms with van der Waals surface area (Å²) in [5.74, 6) is 0.337. The van der Waals surface area contributed by atoms with Gasteiger partial charge in [-0.15, -0.1) is 11.6 Å². The molecule has 0 atom stereocenters. The van der Waals surface area contributed by atoms with Gasteiger partial charge < -0.3 is 5.32 Å². The number of nitrogens with zero attached hydrogens (tertiary/aromatic N) is 1. The van der Waals surface area contributed by atoms with Crippen molar-refractivity contribution >= 4 is 17.6 Å². The van der Waals surface area contributed by atoms with Gasteiger partial charge in [-0.25, -0.2) is 9.86 Å². The molecule has 0 saturated carbocycles. The van der Waals surface area contributed by atoms with Gasteiger partial charge in [-0.2, -0.15) is 0 Å². The Kier molecular flexibility index (Phi) is 4.34. The van der Waals surface area contributed by atoms with E-state index in [-0.39, 0.29) is 0 Å². The van der Waals surface area contributed by atoms with Crippen LogP contribution in [0.5, 0.6) is 0 Å². The van der Waals surface area contributed by atoms with E-state index in [2.05, 4.69) is 5.32 Å². The van der Waals surface area contributed by atoms with Crippen molar-refractivity contribution in [2.45, 2.75) is 26.3 Å². The standard InChI is InChI=1S/C7H15ClN2O2/c1-7(2,3)10(12)6(11)9-5-4-8/h12H,4-5H2,1-3H3,(H,9,11). The highest BCUT2D eigenvalue weighted by atomic mass is 35.5. The summed E-state index contributed by atoms with van der Waals surface area (Å²) in [5.41, 5.74) is -0.587. The second kappa shape index (κ2) is 4.52. The van der Waals surface area contributed by atoms with Crippen molar-refractivity contribution in [1.29, 1.82) is 0 Å². The fourth-order valence-corrected chi connectivity index (χ4v) is 0.628. The molecule has 0 spiro atoms. The first kappa shape index (κ1) is 11.5. The molecule has 0 bridgehead atoms. The number of hydrogen-bond acceptors (Lipinski definition) is 2. The van der Waals surface area contributed by atoms with Crippen LogP contribution in [0, 0.1) is 0 Å². The molecule has 12 heavy (non-hydrogen) atoms. The van der Waals surface area contributed by atoms with E-state index in [1.807, 2.05) is 0 Å². The lowest BCUT2D eigenvalue weighted by atomic mass is 10.1. The quantitative estimate of drug-likeness (QED) is 0.397. The summed E-state index contributed by atoms with van der Waals surface area (Å²) in [5, 5.41) is 12.4. The van der Waals surface area contributed by atoms with Gasteiger partial charge in [-0.05, 0) is 20.8 Å². The summed E-state index contributed by atoms with van der Waals surface area (Å²) in [6, 6.07) is -0.525. The maximum atomic E-state index is 11.1. The molecule has 2 amide bonds. The molecule has 0 aromatic rings. The second-order valence-electron chi connectivity index (χ2n) is 3.40. The average Bonchev–Trinajstić information content (AvgIpc) is 1.97. The number of carbonyl (C=O) groups is 1. The van der Waals surface area contributed by atoms with Gasteiger partial charge in [-0.1, -0.05) is 0 Å². The molecule has 72 valence electrons. The van der Waals surface area contributed by atoms with E-state index in [0.717, 1.165) is 0 Å². The number of alkyl halides is 1. The molecule has 0 unspecified atom stereocenters. The largest absolute Gasteiger partial charge is 0.341 e. The molecule has 0 fully saturated rings. The van der Waals surface area contributed by atoms with Gasteiger partial charge in [0.15, 0.2) is 0 Å². The Morgan fingerprint density at radius 1 is 1.58 bits per heavy atom. The van der Waals surface area contributed by atoms with Gasteiger partial charge >= 0.3 is 6.03 Å². The number of urea groups is 1. The van der Waals surface area contributed by atoms with Crippen LogP contribution in [-0.4, -0.2) is 34.3 Å². The van der Waals surface area contributed by atoms with Crippen LogP contribution in [0.25, 0.3) is 0 Å². The molecule has 5 heteroatoms. The van der Waals surface area contributed by atoms with Crippen LogP contribution in [0.2, 0.25) is 0 Å². The van der Waals surface area contributed by atoms with E-state index >= 15 is 0 Å². The van der Waals surface area contributed by atoms with E-state index in [9.17, 15) is 10.0 Å². The molecule has 4 nitrogen and oxygen atoms in total. The van der Waals surface area contributed by atoms with Gasteiger partial charge in [-0.3, -0.25) is 5.21 Å². The van der Waals surface area contributed by atoms with Crippen LogP contribution in [-0.2, 0) is 0 Å². The summed E-state index contributed by atoms with van der Waals surface area (Å²) < 4.78 is 0. The summed E-state index contributed by atoms with van der Waals surface area (Å²) in [4.78, 5) is 11.1. The number of hydroxylamine groups is 2. The maximum absolute atomic E-state index is 11.1. The minimum absolute atomic E-state index is 0.337. The van der Waals surface area contributed by atoms with E-state index in [1.165, 1.54) is 0 Å². The Morgan fingerprint density at radius 3 is 2.42 bits per heavy atom. The minimum Gasteiger partial charge on any atom is -0.335 e. The Hall–Kier alpha value is -0.480. The summed E-state index contributed by atoms with van der Waals surface area (Å²) in [7, 11) is 0. The van der Waals surface area contributed by atoms with Crippen molar-refractivity contribution in [3.8, 4) is 0 Å². The SMILES string of the molecule is CC(C)(C)N(O)C(=O)NCCCl. The van der Waals surface area contributed by atoms with Crippen LogP contribution in [0.3, 0.4) is 0 Å². The Labute approximate surface area is 77.5 Å². The summed E-state index contributed by atoms with van der Waals surface area (Å²) >= 11 is 5.35. The fourth-order valence-electron chi connectivity index (χ4n) is 0.534. The predicted octanol–water partition coefficient (Wildman–Crippen LogP) is 1.42.